The molecule has 0 aliphatic carbocycles. The number of carbonyl (C=O) groups is 3. The van der Waals surface area contributed by atoms with E-state index in [1.54, 1.807) is 21.9 Å². The largest absolute Gasteiger partial charge is 0.478 e. The van der Waals surface area contributed by atoms with Gasteiger partial charge in [0.2, 0.25) is 12.3 Å². The normalized spacial score (nSPS) is 14.9. The van der Waals surface area contributed by atoms with Crippen molar-refractivity contribution in [2.45, 2.75) is 4.90 Å². The average molecular weight is 308 g/mol. The van der Waals surface area contributed by atoms with E-state index in [4.69, 9.17) is 5.11 Å². The molecule has 7 heteroatoms. The van der Waals surface area contributed by atoms with Gasteiger partial charge < -0.3 is 14.9 Å². The Hall–Kier alpha value is -2.02. The molecule has 1 fully saturated rings. The van der Waals surface area contributed by atoms with Crippen LogP contribution in [0.15, 0.2) is 29.2 Å². The second-order valence-electron chi connectivity index (χ2n) is 4.64. The number of carbonyl (C=O) groups excluding carboxylic acids is 2. The van der Waals surface area contributed by atoms with Crippen molar-refractivity contribution in [2.75, 3.05) is 31.9 Å². The standard InChI is InChI=1S/C14H16N2O4S/c17-10-15-5-7-16(8-6-15)13(18)9-21-12-3-1-11(2-4-12)14(19)20/h1-4,10H,5-9H2,(H,19,20). The summed E-state index contributed by atoms with van der Waals surface area (Å²) in [5.41, 5.74) is 0.232. The first kappa shape index (κ1) is 15.4. The van der Waals surface area contributed by atoms with Gasteiger partial charge in [0.05, 0.1) is 11.3 Å². The summed E-state index contributed by atoms with van der Waals surface area (Å²) in [7, 11) is 0. The van der Waals surface area contributed by atoms with Crippen LogP contribution in [0.3, 0.4) is 0 Å². The molecule has 0 unspecified atom stereocenters. The van der Waals surface area contributed by atoms with Crippen LogP contribution in [0, 0.1) is 0 Å². The molecule has 0 spiro atoms. The summed E-state index contributed by atoms with van der Waals surface area (Å²) >= 11 is 1.38. The van der Waals surface area contributed by atoms with E-state index in [2.05, 4.69) is 0 Å². The zero-order valence-corrected chi connectivity index (χ0v) is 12.2. The monoisotopic (exact) mass is 308 g/mol. The molecular formula is C14H16N2O4S. The summed E-state index contributed by atoms with van der Waals surface area (Å²) < 4.78 is 0. The Morgan fingerprint density at radius 2 is 1.76 bits per heavy atom. The molecule has 2 rings (SSSR count). The first-order valence-electron chi connectivity index (χ1n) is 6.53. The first-order chi connectivity index (χ1) is 10.1. The SMILES string of the molecule is O=CN1CCN(C(=O)CSc2ccc(C(=O)O)cc2)CC1. The van der Waals surface area contributed by atoms with Crippen molar-refractivity contribution >= 4 is 30.0 Å². The van der Waals surface area contributed by atoms with Gasteiger partial charge in [0.15, 0.2) is 0 Å². The van der Waals surface area contributed by atoms with E-state index >= 15 is 0 Å². The number of amides is 2. The molecular weight excluding hydrogens is 292 g/mol. The molecule has 0 atom stereocenters. The molecule has 0 radical (unpaired) electrons. The highest BCUT2D eigenvalue weighted by Crippen LogP contribution is 2.19. The Morgan fingerprint density at radius 1 is 1.14 bits per heavy atom. The van der Waals surface area contributed by atoms with Crippen molar-refractivity contribution in [1.29, 1.82) is 0 Å². The molecule has 1 aromatic carbocycles. The van der Waals surface area contributed by atoms with Crippen molar-refractivity contribution in [3.63, 3.8) is 0 Å². The molecule has 6 nitrogen and oxygen atoms in total. The summed E-state index contributed by atoms with van der Waals surface area (Å²) in [5.74, 6) is -0.614. The van der Waals surface area contributed by atoms with Gasteiger partial charge in [-0.25, -0.2) is 4.79 Å². The van der Waals surface area contributed by atoms with Gasteiger partial charge in [-0.05, 0) is 24.3 Å². The number of thioether (sulfide) groups is 1. The molecule has 21 heavy (non-hydrogen) atoms. The van der Waals surface area contributed by atoms with Crippen molar-refractivity contribution < 1.29 is 19.5 Å². The molecule has 2 amide bonds. The van der Waals surface area contributed by atoms with Gasteiger partial charge in [-0.15, -0.1) is 11.8 Å². The molecule has 0 bridgehead atoms. The summed E-state index contributed by atoms with van der Waals surface area (Å²) in [5, 5.41) is 8.81. The van der Waals surface area contributed by atoms with Crippen LogP contribution in [-0.2, 0) is 9.59 Å². The zero-order chi connectivity index (χ0) is 15.2. The number of nitrogens with zero attached hydrogens (tertiary/aromatic N) is 2. The van der Waals surface area contributed by atoms with Crippen molar-refractivity contribution in [3.05, 3.63) is 29.8 Å². The number of carboxylic acids is 1. The lowest BCUT2D eigenvalue weighted by Crippen LogP contribution is -2.48. The van der Waals surface area contributed by atoms with E-state index in [1.807, 2.05) is 0 Å². The van der Waals surface area contributed by atoms with Crippen LogP contribution >= 0.6 is 11.8 Å². The lowest BCUT2D eigenvalue weighted by Gasteiger charge is -2.32. The van der Waals surface area contributed by atoms with Crippen LogP contribution in [0.25, 0.3) is 0 Å². The van der Waals surface area contributed by atoms with E-state index in [-0.39, 0.29) is 11.5 Å². The summed E-state index contributed by atoms with van der Waals surface area (Å²) in [4.78, 5) is 37.6. The second-order valence-corrected chi connectivity index (χ2v) is 5.69. The third kappa shape index (κ3) is 4.22. The molecule has 0 saturated carbocycles. The van der Waals surface area contributed by atoms with Crippen molar-refractivity contribution in [3.8, 4) is 0 Å². The molecule has 1 aliphatic heterocycles. The van der Waals surface area contributed by atoms with Gasteiger partial charge in [-0.3, -0.25) is 9.59 Å². The lowest BCUT2D eigenvalue weighted by atomic mass is 10.2. The Kier molecular flexibility index (Phi) is 5.21. The highest BCUT2D eigenvalue weighted by atomic mass is 32.2. The topological polar surface area (TPSA) is 77.9 Å². The smallest absolute Gasteiger partial charge is 0.335 e. The Balaban J connectivity index is 1.81. The predicted molar refractivity (Wildman–Crippen MR) is 78.3 cm³/mol. The highest BCUT2D eigenvalue weighted by Gasteiger charge is 2.19. The Bertz CT molecular complexity index is 524. The van der Waals surface area contributed by atoms with Gasteiger partial charge in [0.25, 0.3) is 0 Å². The summed E-state index contributed by atoms with van der Waals surface area (Å²) in [6.45, 7) is 2.28. The molecule has 1 aliphatic rings. The molecule has 1 aromatic rings. The third-order valence-corrected chi connectivity index (χ3v) is 4.28. The second kappa shape index (κ2) is 7.12. The Morgan fingerprint density at radius 3 is 2.29 bits per heavy atom. The van der Waals surface area contributed by atoms with Crippen molar-refractivity contribution in [2.24, 2.45) is 0 Å². The third-order valence-electron chi connectivity index (χ3n) is 3.28. The lowest BCUT2D eigenvalue weighted by molar-refractivity contribution is -0.132. The van der Waals surface area contributed by atoms with E-state index < -0.39 is 5.97 Å². The number of benzene rings is 1. The fraction of sp³-hybridized carbons (Fsp3) is 0.357. The fourth-order valence-corrected chi connectivity index (χ4v) is 2.81. The fourth-order valence-electron chi connectivity index (χ4n) is 2.01. The average Bonchev–Trinajstić information content (AvgIpc) is 2.53. The molecule has 1 N–H and O–H groups in total. The zero-order valence-electron chi connectivity index (χ0n) is 11.4. The molecule has 0 aromatic heterocycles. The molecule has 1 saturated heterocycles. The van der Waals surface area contributed by atoms with E-state index in [1.165, 1.54) is 23.9 Å². The Labute approximate surface area is 126 Å². The number of hydrogen-bond donors (Lipinski definition) is 1. The summed E-state index contributed by atoms with van der Waals surface area (Å²) in [6.07, 6.45) is 0.806. The predicted octanol–water partition coefficient (Wildman–Crippen LogP) is 0.777. The number of carboxylic acid groups (broad SMARTS) is 1. The van der Waals surface area contributed by atoms with Gasteiger partial charge in [0, 0.05) is 31.1 Å². The van der Waals surface area contributed by atoms with Gasteiger partial charge in [-0.2, -0.15) is 0 Å². The number of aromatic carboxylic acids is 1. The maximum absolute atomic E-state index is 12.0. The van der Waals surface area contributed by atoms with Crippen LogP contribution < -0.4 is 0 Å². The van der Waals surface area contributed by atoms with E-state index in [0.717, 1.165) is 11.3 Å². The maximum atomic E-state index is 12.0. The minimum Gasteiger partial charge on any atom is -0.478 e. The number of rotatable bonds is 5. The van der Waals surface area contributed by atoms with Crippen LogP contribution in [0.4, 0.5) is 0 Å². The summed E-state index contributed by atoms with van der Waals surface area (Å²) in [6, 6.07) is 6.45. The highest BCUT2D eigenvalue weighted by molar-refractivity contribution is 8.00. The quantitative estimate of drug-likeness (QED) is 0.642. The molecule has 112 valence electrons. The van der Waals surface area contributed by atoms with Gasteiger partial charge >= 0.3 is 5.97 Å². The van der Waals surface area contributed by atoms with Gasteiger partial charge in [-0.1, -0.05) is 0 Å². The van der Waals surface area contributed by atoms with E-state index in [9.17, 15) is 14.4 Å². The van der Waals surface area contributed by atoms with Crippen LogP contribution in [0.5, 0.6) is 0 Å². The van der Waals surface area contributed by atoms with Crippen LogP contribution in [0.1, 0.15) is 10.4 Å². The number of piperazine rings is 1. The minimum atomic E-state index is -0.962. The first-order valence-corrected chi connectivity index (χ1v) is 7.52. The van der Waals surface area contributed by atoms with Crippen molar-refractivity contribution in [1.82, 2.24) is 9.80 Å². The number of hydrogen-bond acceptors (Lipinski definition) is 4. The van der Waals surface area contributed by atoms with Gasteiger partial charge in [0.1, 0.15) is 0 Å². The molecule has 1 heterocycles. The van der Waals surface area contributed by atoms with E-state index in [0.29, 0.717) is 31.9 Å². The maximum Gasteiger partial charge on any atom is 0.335 e. The van der Waals surface area contributed by atoms with Crippen LogP contribution in [0.2, 0.25) is 0 Å². The van der Waals surface area contributed by atoms with Crippen LogP contribution in [-0.4, -0.2) is 65.1 Å². The minimum absolute atomic E-state index is 0.0351.